The van der Waals surface area contributed by atoms with E-state index in [-0.39, 0.29) is 0 Å². The quantitative estimate of drug-likeness (QED) is 0.527. The molecule has 0 rings (SSSR count). The van der Waals surface area contributed by atoms with Crippen molar-refractivity contribution in [1.29, 1.82) is 0 Å². The number of allylic oxidation sites excluding steroid dienone is 1. The van der Waals surface area contributed by atoms with Gasteiger partial charge in [0.2, 0.25) is 0 Å². The van der Waals surface area contributed by atoms with Gasteiger partial charge in [-0.2, -0.15) is 0 Å². The van der Waals surface area contributed by atoms with Crippen LogP contribution in [0, 0.1) is 12.3 Å². The van der Waals surface area contributed by atoms with Crippen molar-refractivity contribution in [2.75, 3.05) is 0 Å². The summed E-state index contributed by atoms with van der Waals surface area (Å²) in [6, 6.07) is 0. The third-order valence-corrected chi connectivity index (χ3v) is 1.73. The Hall–Kier alpha value is -0.260. The van der Waals surface area contributed by atoms with Crippen LogP contribution in [0.4, 0.5) is 0 Å². The molecular weight excluding hydrogens is 120 g/mol. The highest BCUT2D eigenvalue weighted by Gasteiger charge is 2.02. The fourth-order valence-electron chi connectivity index (χ4n) is 1.27. The van der Waals surface area contributed by atoms with Crippen LogP contribution in [0.1, 0.15) is 39.5 Å². The SMILES string of the molecule is C=C[CH]C(CCC)CCC. The summed E-state index contributed by atoms with van der Waals surface area (Å²) in [5, 5.41) is 0. The van der Waals surface area contributed by atoms with E-state index < -0.39 is 0 Å². The summed E-state index contributed by atoms with van der Waals surface area (Å²) in [5.41, 5.74) is 0. The molecule has 0 saturated heterocycles. The van der Waals surface area contributed by atoms with E-state index in [0.717, 1.165) is 5.92 Å². The van der Waals surface area contributed by atoms with Gasteiger partial charge in [0, 0.05) is 0 Å². The molecule has 0 saturated carbocycles. The maximum absolute atomic E-state index is 3.71. The first-order valence-electron chi connectivity index (χ1n) is 4.31. The predicted octanol–water partition coefficient (Wildman–Crippen LogP) is 3.59. The van der Waals surface area contributed by atoms with Crippen molar-refractivity contribution in [1.82, 2.24) is 0 Å². The summed E-state index contributed by atoms with van der Waals surface area (Å²) in [6.07, 6.45) is 9.37. The van der Waals surface area contributed by atoms with Gasteiger partial charge < -0.3 is 0 Å². The van der Waals surface area contributed by atoms with E-state index in [2.05, 4.69) is 26.8 Å². The second-order valence-electron chi connectivity index (χ2n) is 2.77. The predicted molar refractivity (Wildman–Crippen MR) is 47.8 cm³/mol. The molecule has 0 aromatic rings. The lowest BCUT2D eigenvalue weighted by molar-refractivity contribution is 0.508. The normalized spacial score (nSPS) is 10.3. The molecule has 0 heteroatoms. The molecule has 0 aliphatic carbocycles. The fraction of sp³-hybridized carbons (Fsp3) is 0.700. The molecular formula is C10H19. The minimum absolute atomic E-state index is 0.785. The van der Waals surface area contributed by atoms with Crippen molar-refractivity contribution in [3.05, 3.63) is 19.1 Å². The van der Waals surface area contributed by atoms with E-state index in [1.54, 1.807) is 0 Å². The monoisotopic (exact) mass is 139 g/mol. The summed E-state index contributed by atoms with van der Waals surface area (Å²) in [5.74, 6) is 0.785. The molecule has 0 amide bonds. The zero-order valence-electron chi connectivity index (χ0n) is 7.27. The first kappa shape index (κ1) is 9.74. The molecule has 0 aliphatic heterocycles. The fourth-order valence-corrected chi connectivity index (χ4v) is 1.27. The zero-order valence-corrected chi connectivity index (χ0v) is 7.27. The van der Waals surface area contributed by atoms with Crippen LogP contribution in [-0.2, 0) is 0 Å². The highest BCUT2D eigenvalue weighted by molar-refractivity contribution is 4.91. The molecule has 0 spiro atoms. The first-order chi connectivity index (χ1) is 4.85. The van der Waals surface area contributed by atoms with Gasteiger partial charge in [0.25, 0.3) is 0 Å². The van der Waals surface area contributed by atoms with E-state index >= 15 is 0 Å². The van der Waals surface area contributed by atoms with E-state index in [1.165, 1.54) is 25.7 Å². The van der Waals surface area contributed by atoms with Crippen LogP contribution in [0.15, 0.2) is 12.7 Å². The van der Waals surface area contributed by atoms with Crippen molar-refractivity contribution < 1.29 is 0 Å². The Balaban J connectivity index is 3.38. The topological polar surface area (TPSA) is 0 Å². The molecule has 0 heterocycles. The lowest BCUT2D eigenvalue weighted by atomic mass is 9.95. The van der Waals surface area contributed by atoms with Crippen molar-refractivity contribution in [2.45, 2.75) is 39.5 Å². The lowest BCUT2D eigenvalue weighted by Gasteiger charge is -2.10. The van der Waals surface area contributed by atoms with Gasteiger partial charge in [-0.15, -0.1) is 6.58 Å². The average molecular weight is 139 g/mol. The molecule has 0 aliphatic rings. The molecule has 1 radical (unpaired) electrons. The molecule has 0 N–H and O–H groups in total. The minimum atomic E-state index is 0.785. The molecule has 0 aromatic heterocycles. The molecule has 0 unspecified atom stereocenters. The van der Waals surface area contributed by atoms with Crippen molar-refractivity contribution in [3.63, 3.8) is 0 Å². The summed E-state index contributed by atoms with van der Waals surface area (Å²) in [7, 11) is 0. The van der Waals surface area contributed by atoms with E-state index in [0.29, 0.717) is 0 Å². The Labute approximate surface area is 65.3 Å². The molecule has 0 atom stereocenters. The molecule has 10 heavy (non-hydrogen) atoms. The smallest absolute Gasteiger partial charge is 0.0142 e. The Morgan fingerprint density at radius 2 is 1.70 bits per heavy atom. The maximum atomic E-state index is 3.71. The van der Waals surface area contributed by atoms with Gasteiger partial charge in [0.15, 0.2) is 0 Å². The van der Waals surface area contributed by atoms with Gasteiger partial charge in [0.05, 0.1) is 0 Å². The lowest BCUT2D eigenvalue weighted by Crippen LogP contribution is -1.97. The third kappa shape index (κ3) is 4.60. The summed E-state index contributed by atoms with van der Waals surface area (Å²) < 4.78 is 0. The summed E-state index contributed by atoms with van der Waals surface area (Å²) >= 11 is 0. The Morgan fingerprint density at radius 1 is 1.20 bits per heavy atom. The van der Waals surface area contributed by atoms with Crippen LogP contribution < -0.4 is 0 Å². The third-order valence-electron chi connectivity index (χ3n) is 1.73. The van der Waals surface area contributed by atoms with Crippen molar-refractivity contribution in [2.24, 2.45) is 5.92 Å². The van der Waals surface area contributed by atoms with Crippen LogP contribution in [0.5, 0.6) is 0 Å². The second-order valence-corrected chi connectivity index (χ2v) is 2.77. The van der Waals surface area contributed by atoms with Gasteiger partial charge in [-0.25, -0.2) is 0 Å². The molecule has 0 fully saturated rings. The molecule has 0 aromatic carbocycles. The second kappa shape index (κ2) is 6.85. The Kier molecular flexibility index (Phi) is 6.68. The first-order valence-corrected chi connectivity index (χ1v) is 4.31. The van der Waals surface area contributed by atoms with Crippen LogP contribution in [0.25, 0.3) is 0 Å². The Bertz CT molecular complexity index is 68.1. The van der Waals surface area contributed by atoms with Crippen LogP contribution in [0.3, 0.4) is 0 Å². The van der Waals surface area contributed by atoms with Crippen molar-refractivity contribution >= 4 is 0 Å². The van der Waals surface area contributed by atoms with Gasteiger partial charge in [-0.1, -0.05) is 45.6 Å². The molecule has 0 nitrogen and oxygen atoms in total. The highest BCUT2D eigenvalue weighted by atomic mass is 14.1. The standard InChI is InChI=1S/C10H19/c1-4-7-10(8-5-2)9-6-3/h4,7,10H,1,5-6,8-9H2,2-3H3. The summed E-state index contributed by atoms with van der Waals surface area (Å²) in [6.45, 7) is 8.18. The molecule has 0 bridgehead atoms. The number of hydrogen-bond acceptors (Lipinski definition) is 0. The van der Waals surface area contributed by atoms with E-state index in [4.69, 9.17) is 0 Å². The van der Waals surface area contributed by atoms with Gasteiger partial charge in [-0.3, -0.25) is 0 Å². The number of rotatable bonds is 6. The van der Waals surface area contributed by atoms with Gasteiger partial charge in [0.1, 0.15) is 0 Å². The van der Waals surface area contributed by atoms with Gasteiger partial charge in [-0.05, 0) is 12.3 Å². The Morgan fingerprint density at radius 3 is 2.00 bits per heavy atom. The van der Waals surface area contributed by atoms with Gasteiger partial charge >= 0.3 is 0 Å². The largest absolute Gasteiger partial charge is 0.103 e. The van der Waals surface area contributed by atoms with Crippen LogP contribution in [-0.4, -0.2) is 0 Å². The van der Waals surface area contributed by atoms with Crippen molar-refractivity contribution in [3.8, 4) is 0 Å². The number of hydrogen-bond donors (Lipinski definition) is 0. The van der Waals surface area contributed by atoms with Crippen LogP contribution >= 0.6 is 0 Å². The maximum Gasteiger partial charge on any atom is -0.0142 e. The minimum Gasteiger partial charge on any atom is -0.103 e. The zero-order chi connectivity index (χ0) is 7.82. The van der Waals surface area contributed by atoms with E-state index in [1.807, 2.05) is 6.08 Å². The highest BCUT2D eigenvalue weighted by Crippen LogP contribution is 2.16. The molecule has 59 valence electrons. The average Bonchev–Trinajstić information content (AvgIpc) is 1.90. The summed E-state index contributed by atoms with van der Waals surface area (Å²) in [4.78, 5) is 0. The van der Waals surface area contributed by atoms with E-state index in [9.17, 15) is 0 Å². The van der Waals surface area contributed by atoms with Crippen LogP contribution in [0.2, 0.25) is 0 Å².